The maximum Gasteiger partial charge on any atom is 0.328 e. The first-order valence-corrected chi connectivity index (χ1v) is 6.58. The van der Waals surface area contributed by atoms with E-state index >= 15 is 0 Å². The van der Waals surface area contributed by atoms with Gasteiger partial charge in [0.25, 0.3) is 5.56 Å². The number of nitrogens with one attached hydrogen (secondary N) is 1. The highest BCUT2D eigenvalue weighted by Gasteiger charge is 2.01. The summed E-state index contributed by atoms with van der Waals surface area (Å²) >= 11 is 3.06. The smallest absolute Gasteiger partial charge is 0.328 e. The Balaban J connectivity index is 2.21. The third-order valence-corrected chi connectivity index (χ3v) is 2.81. The second kappa shape index (κ2) is 9.03. The fourth-order valence-corrected chi connectivity index (χ4v) is 1.62. The van der Waals surface area contributed by atoms with Crippen molar-refractivity contribution in [2.24, 2.45) is 0 Å². The number of hydrogen-bond donors (Lipinski definition) is 1. The predicted octanol–water partition coefficient (Wildman–Crippen LogP) is -0.0213. The molecule has 0 aliphatic heterocycles. The fraction of sp³-hybridized carbons (Fsp3) is 0.636. The number of ether oxygens (including phenoxy) is 3. The third kappa shape index (κ3) is 6.15. The van der Waals surface area contributed by atoms with Crippen molar-refractivity contribution in [1.82, 2.24) is 9.55 Å². The molecule has 1 N–H and O–H groups in total. The number of methoxy groups -OCH3 is 1. The largest absolute Gasteiger partial charge is 0.382 e. The number of rotatable bonds is 9. The zero-order valence-electron chi connectivity index (χ0n) is 10.7. The molecule has 0 aromatic carbocycles. The number of hydrogen-bond acceptors (Lipinski definition) is 5. The van der Waals surface area contributed by atoms with Gasteiger partial charge < -0.3 is 14.2 Å². The van der Waals surface area contributed by atoms with Gasteiger partial charge in [0.2, 0.25) is 0 Å². The maximum absolute atomic E-state index is 11.4. The van der Waals surface area contributed by atoms with Crippen molar-refractivity contribution in [3.05, 3.63) is 31.5 Å². The van der Waals surface area contributed by atoms with Crippen molar-refractivity contribution < 1.29 is 14.2 Å². The van der Waals surface area contributed by atoms with Crippen LogP contribution in [-0.4, -0.2) is 49.7 Å². The zero-order chi connectivity index (χ0) is 14.1. The zero-order valence-corrected chi connectivity index (χ0v) is 12.3. The summed E-state index contributed by atoms with van der Waals surface area (Å²) in [4.78, 5) is 24.7. The Morgan fingerprint density at radius 3 is 2.47 bits per heavy atom. The Hall–Kier alpha value is -0.960. The molecule has 19 heavy (non-hydrogen) atoms. The second-order valence-electron chi connectivity index (χ2n) is 3.65. The van der Waals surface area contributed by atoms with E-state index < -0.39 is 11.2 Å². The molecule has 0 bridgehead atoms. The van der Waals surface area contributed by atoms with Gasteiger partial charge in [-0.1, -0.05) is 0 Å². The van der Waals surface area contributed by atoms with E-state index in [2.05, 4.69) is 20.9 Å². The van der Waals surface area contributed by atoms with Crippen molar-refractivity contribution in [3.63, 3.8) is 0 Å². The van der Waals surface area contributed by atoms with Gasteiger partial charge in [-0.15, -0.1) is 0 Å². The molecule has 1 aromatic heterocycles. The summed E-state index contributed by atoms with van der Waals surface area (Å²) in [5.74, 6) is 0. The molecule has 108 valence electrons. The summed E-state index contributed by atoms with van der Waals surface area (Å²) in [6.07, 6.45) is 1.44. The normalized spacial score (nSPS) is 10.8. The highest BCUT2D eigenvalue weighted by atomic mass is 79.9. The topological polar surface area (TPSA) is 82.6 Å². The van der Waals surface area contributed by atoms with Crippen LogP contribution in [-0.2, 0) is 20.8 Å². The predicted molar refractivity (Wildman–Crippen MR) is 72.5 cm³/mol. The Kier molecular flexibility index (Phi) is 7.65. The van der Waals surface area contributed by atoms with Gasteiger partial charge in [-0.05, 0) is 15.9 Å². The minimum atomic E-state index is -0.451. The summed E-state index contributed by atoms with van der Waals surface area (Å²) in [7, 11) is 1.61. The van der Waals surface area contributed by atoms with Crippen LogP contribution < -0.4 is 11.2 Å². The summed E-state index contributed by atoms with van der Waals surface area (Å²) in [5, 5.41) is 0. The number of aromatic nitrogens is 2. The van der Waals surface area contributed by atoms with Crippen LogP contribution in [0.3, 0.4) is 0 Å². The molecule has 0 aliphatic rings. The lowest BCUT2D eigenvalue weighted by Gasteiger charge is -2.07. The van der Waals surface area contributed by atoms with Crippen LogP contribution in [0.5, 0.6) is 0 Å². The quantitative estimate of drug-likeness (QED) is 0.641. The summed E-state index contributed by atoms with van der Waals surface area (Å²) < 4.78 is 17.0. The summed E-state index contributed by atoms with van der Waals surface area (Å²) in [6.45, 7) is 2.75. The van der Waals surface area contributed by atoms with E-state index in [9.17, 15) is 9.59 Å². The summed E-state index contributed by atoms with van der Waals surface area (Å²) in [5.41, 5.74) is -0.887. The molecule has 0 unspecified atom stereocenters. The minimum Gasteiger partial charge on any atom is -0.382 e. The average Bonchev–Trinajstić information content (AvgIpc) is 2.38. The Morgan fingerprint density at radius 2 is 1.79 bits per heavy atom. The van der Waals surface area contributed by atoms with Gasteiger partial charge in [-0.2, -0.15) is 0 Å². The van der Waals surface area contributed by atoms with E-state index in [1.807, 2.05) is 0 Å². The standard InChI is InChI=1S/C11H17BrN2O5/c1-17-4-5-19-7-6-18-3-2-14-8-9(12)10(15)13-11(14)16/h8H,2-7H2,1H3,(H,13,15,16). The number of halogens is 1. The van der Waals surface area contributed by atoms with Gasteiger partial charge in [0.1, 0.15) is 0 Å². The highest BCUT2D eigenvalue weighted by molar-refractivity contribution is 9.10. The van der Waals surface area contributed by atoms with Crippen molar-refractivity contribution in [2.45, 2.75) is 6.54 Å². The minimum absolute atomic E-state index is 0.315. The molecule has 0 atom stereocenters. The lowest BCUT2D eigenvalue weighted by Crippen LogP contribution is -2.31. The van der Waals surface area contributed by atoms with Gasteiger partial charge in [0, 0.05) is 13.3 Å². The lowest BCUT2D eigenvalue weighted by molar-refractivity contribution is 0.0228. The van der Waals surface area contributed by atoms with Crippen molar-refractivity contribution in [1.29, 1.82) is 0 Å². The van der Waals surface area contributed by atoms with Crippen LogP contribution in [0.2, 0.25) is 0 Å². The van der Waals surface area contributed by atoms with Crippen LogP contribution in [0, 0.1) is 0 Å². The van der Waals surface area contributed by atoms with Crippen molar-refractivity contribution in [3.8, 4) is 0 Å². The average molecular weight is 337 g/mol. The number of nitrogens with zero attached hydrogens (tertiary/aromatic N) is 1. The number of H-pyrrole nitrogens is 1. The van der Waals surface area contributed by atoms with Crippen LogP contribution in [0.1, 0.15) is 0 Å². The molecular weight excluding hydrogens is 320 g/mol. The highest BCUT2D eigenvalue weighted by Crippen LogP contribution is 1.97. The van der Waals surface area contributed by atoms with Gasteiger partial charge in [0.15, 0.2) is 0 Å². The Bertz CT molecular complexity index is 485. The first-order valence-electron chi connectivity index (χ1n) is 5.79. The van der Waals surface area contributed by atoms with Crippen molar-refractivity contribution in [2.75, 3.05) is 40.1 Å². The number of aromatic amines is 1. The first-order chi connectivity index (χ1) is 9.15. The second-order valence-corrected chi connectivity index (χ2v) is 4.50. The van der Waals surface area contributed by atoms with E-state index in [0.29, 0.717) is 44.1 Å². The van der Waals surface area contributed by atoms with E-state index in [4.69, 9.17) is 14.2 Å². The molecule has 0 radical (unpaired) electrons. The molecule has 0 spiro atoms. The maximum atomic E-state index is 11.4. The van der Waals surface area contributed by atoms with Gasteiger partial charge in [-0.3, -0.25) is 14.3 Å². The van der Waals surface area contributed by atoms with Crippen molar-refractivity contribution >= 4 is 15.9 Å². The molecule has 0 saturated heterocycles. The molecule has 0 fully saturated rings. The van der Waals surface area contributed by atoms with Gasteiger partial charge in [0.05, 0.1) is 44.1 Å². The van der Waals surface area contributed by atoms with E-state index in [1.54, 1.807) is 7.11 Å². The molecule has 7 nitrogen and oxygen atoms in total. The van der Waals surface area contributed by atoms with E-state index in [-0.39, 0.29) is 0 Å². The van der Waals surface area contributed by atoms with Crippen LogP contribution in [0.15, 0.2) is 20.3 Å². The molecule has 8 heteroatoms. The SMILES string of the molecule is COCCOCCOCCn1cc(Br)c(=O)[nH]c1=O. The van der Waals surface area contributed by atoms with Crippen LogP contribution in [0.4, 0.5) is 0 Å². The van der Waals surface area contributed by atoms with Crippen LogP contribution in [0.25, 0.3) is 0 Å². The van der Waals surface area contributed by atoms with Crippen LogP contribution >= 0.6 is 15.9 Å². The van der Waals surface area contributed by atoms with E-state index in [1.165, 1.54) is 10.8 Å². The summed E-state index contributed by atoms with van der Waals surface area (Å²) in [6, 6.07) is 0. The third-order valence-electron chi connectivity index (χ3n) is 2.25. The van der Waals surface area contributed by atoms with E-state index in [0.717, 1.165) is 0 Å². The Morgan fingerprint density at radius 1 is 1.16 bits per heavy atom. The van der Waals surface area contributed by atoms with Gasteiger partial charge >= 0.3 is 5.69 Å². The monoisotopic (exact) mass is 336 g/mol. The lowest BCUT2D eigenvalue weighted by atomic mass is 10.6. The molecule has 0 amide bonds. The molecule has 1 heterocycles. The Labute approximate surface area is 118 Å². The molecule has 1 rings (SSSR count). The molecule has 0 saturated carbocycles. The first kappa shape index (κ1) is 16.1. The fourth-order valence-electron chi connectivity index (χ4n) is 1.28. The molecule has 1 aromatic rings. The van der Waals surface area contributed by atoms with Gasteiger partial charge in [-0.25, -0.2) is 4.79 Å². The molecule has 0 aliphatic carbocycles. The molecular formula is C11H17BrN2O5.